The number of hydrogen-bond acceptors (Lipinski definition) is 5. The molecule has 1 aliphatic heterocycles. The maximum Gasteiger partial charge on any atom is 0.175 e. The lowest BCUT2D eigenvalue weighted by molar-refractivity contribution is 0.244. The van der Waals surface area contributed by atoms with Crippen molar-refractivity contribution < 1.29 is 8.42 Å². The molecule has 0 spiro atoms. The number of likely N-dealkylation sites (tertiary alicyclic amines) is 1. The number of aromatic nitrogens is 2. The lowest BCUT2D eigenvalue weighted by Gasteiger charge is -2.24. The van der Waals surface area contributed by atoms with Gasteiger partial charge in [-0.1, -0.05) is 12.1 Å². The zero-order valence-electron chi connectivity index (χ0n) is 13.4. The van der Waals surface area contributed by atoms with Crippen molar-refractivity contribution in [2.45, 2.75) is 37.2 Å². The highest BCUT2D eigenvalue weighted by molar-refractivity contribution is 7.90. The van der Waals surface area contributed by atoms with Crippen molar-refractivity contribution in [2.24, 2.45) is 0 Å². The molecule has 0 aliphatic carbocycles. The summed E-state index contributed by atoms with van der Waals surface area (Å²) in [6.07, 6.45) is 5.29. The minimum atomic E-state index is -3.14. The quantitative estimate of drug-likeness (QED) is 0.861. The molecule has 122 valence electrons. The maximum absolute atomic E-state index is 11.5. The molecule has 0 N–H and O–H groups in total. The molecule has 1 aliphatic rings. The molecule has 1 atom stereocenters. The van der Waals surface area contributed by atoms with Crippen molar-refractivity contribution in [1.29, 1.82) is 0 Å². The van der Waals surface area contributed by atoms with Gasteiger partial charge in [0.15, 0.2) is 9.84 Å². The van der Waals surface area contributed by atoms with Crippen LogP contribution in [0.15, 0.2) is 41.4 Å². The first-order chi connectivity index (χ1) is 10.9. The zero-order chi connectivity index (χ0) is 16.4. The molecule has 0 amide bonds. The van der Waals surface area contributed by atoms with Gasteiger partial charge in [-0.2, -0.15) is 0 Å². The van der Waals surface area contributed by atoms with E-state index in [1.165, 1.54) is 6.26 Å². The fourth-order valence-corrected chi connectivity index (χ4v) is 3.72. The SMILES string of the molecule is Cc1nccc(C2CCCN2Cc2ccc(S(C)(=O)=O)cc2)n1. The molecule has 1 unspecified atom stereocenters. The van der Waals surface area contributed by atoms with E-state index >= 15 is 0 Å². The second-order valence-corrected chi connectivity index (χ2v) is 8.09. The third kappa shape index (κ3) is 3.76. The molecule has 23 heavy (non-hydrogen) atoms. The van der Waals surface area contributed by atoms with Gasteiger partial charge in [0.25, 0.3) is 0 Å². The van der Waals surface area contributed by atoms with Crippen LogP contribution in [0.25, 0.3) is 0 Å². The van der Waals surface area contributed by atoms with Gasteiger partial charge in [0.05, 0.1) is 16.6 Å². The standard InChI is InChI=1S/C17H21N3O2S/c1-13-18-10-9-16(19-13)17-4-3-11-20(17)12-14-5-7-15(8-6-14)23(2,21)22/h5-10,17H,3-4,11-12H2,1-2H3. The summed E-state index contributed by atoms with van der Waals surface area (Å²) in [4.78, 5) is 11.5. The fraction of sp³-hybridized carbons (Fsp3) is 0.412. The Balaban J connectivity index is 1.76. The van der Waals surface area contributed by atoms with Crippen LogP contribution in [0.3, 0.4) is 0 Å². The molecule has 0 bridgehead atoms. The first-order valence-corrected chi connectivity index (χ1v) is 9.65. The average Bonchev–Trinajstić information content (AvgIpc) is 2.95. The normalized spacial score (nSPS) is 19.1. The molecule has 1 aromatic carbocycles. The molecule has 6 heteroatoms. The lowest BCUT2D eigenvalue weighted by Crippen LogP contribution is -2.23. The highest BCUT2D eigenvalue weighted by Gasteiger charge is 2.27. The second-order valence-electron chi connectivity index (χ2n) is 6.07. The van der Waals surface area contributed by atoms with E-state index in [-0.39, 0.29) is 0 Å². The van der Waals surface area contributed by atoms with Gasteiger partial charge in [-0.15, -0.1) is 0 Å². The summed E-state index contributed by atoms with van der Waals surface area (Å²) in [6, 6.07) is 9.47. The smallest absolute Gasteiger partial charge is 0.175 e. The van der Waals surface area contributed by atoms with E-state index in [0.29, 0.717) is 10.9 Å². The number of aryl methyl sites for hydroxylation is 1. The molecule has 2 aromatic rings. The average molecular weight is 331 g/mol. The Kier molecular flexibility index (Phi) is 4.46. The largest absolute Gasteiger partial charge is 0.291 e. The Morgan fingerprint density at radius 2 is 1.96 bits per heavy atom. The molecular weight excluding hydrogens is 310 g/mol. The number of nitrogens with zero attached hydrogens (tertiary/aromatic N) is 3. The van der Waals surface area contributed by atoms with Crippen LogP contribution < -0.4 is 0 Å². The van der Waals surface area contributed by atoms with Crippen LogP contribution in [0.2, 0.25) is 0 Å². The molecule has 2 heterocycles. The van der Waals surface area contributed by atoms with Crippen molar-refractivity contribution in [1.82, 2.24) is 14.9 Å². The van der Waals surface area contributed by atoms with Crippen molar-refractivity contribution in [2.75, 3.05) is 12.8 Å². The third-order valence-corrected chi connectivity index (χ3v) is 5.37. The third-order valence-electron chi connectivity index (χ3n) is 4.24. The monoisotopic (exact) mass is 331 g/mol. The van der Waals surface area contributed by atoms with Crippen molar-refractivity contribution in [3.63, 3.8) is 0 Å². The predicted octanol–water partition coefficient (Wildman–Crippen LogP) is 2.53. The fourth-order valence-electron chi connectivity index (χ4n) is 3.09. The summed E-state index contributed by atoms with van der Waals surface area (Å²) in [6.45, 7) is 3.74. The van der Waals surface area contributed by atoms with Crippen LogP contribution in [0.4, 0.5) is 0 Å². The summed E-state index contributed by atoms with van der Waals surface area (Å²) in [5.74, 6) is 0.798. The van der Waals surface area contributed by atoms with Gasteiger partial charge in [0.2, 0.25) is 0 Å². The Bertz CT molecular complexity index is 788. The molecule has 0 saturated carbocycles. The highest BCUT2D eigenvalue weighted by Crippen LogP contribution is 2.32. The first-order valence-electron chi connectivity index (χ1n) is 7.76. The number of benzene rings is 1. The lowest BCUT2D eigenvalue weighted by atomic mass is 10.1. The number of rotatable bonds is 4. The molecule has 1 saturated heterocycles. The number of hydrogen-bond donors (Lipinski definition) is 0. The summed E-state index contributed by atoms with van der Waals surface area (Å²) in [5, 5.41) is 0. The van der Waals surface area contributed by atoms with Crippen molar-refractivity contribution in [3.05, 3.63) is 53.6 Å². The van der Waals surface area contributed by atoms with Gasteiger partial charge in [-0.3, -0.25) is 4.90 Å². The Labute approximate surface area is 137 Å². The van der Waals surface area contributed by atoms with Gasteiger partial charge in [-0.25, -0.2) is 18.4 Å². The topological polar surface area (TPSA) is 63.2 Å². The Morgan fingerprint density at radius 3 is 2.61 bits per heavy atom. The minimum absolute atomic E-state index is 0.311. The molecule has 1 fully saturated rings. The zero-order valence-corrected chi connectivity index (χ0v) is 14.3. The van der Waals surface area contributed by atoms with Gasteiger partial charge in [0, 0.05) is 19.0 Å². The summed E-state index contributed by atoms with van der Waals surface area (Å²) < 4.78 is 23.1. The van der Waals surface area contributed by atoms with Gasteiger partial charge in [-0.05, 0) is 50.1 Å². The molecule has 0 radical (unpaired) electrons. The maximum atomic E-state index is 11.5. The summed E-state index contributed by atoms with van der Waals surface area (Å²) >= 11 is 0. The van der Waals surface area contributed by atoms with E-state index in [1.54, 1.807) is 12.1 Å². The van der Waals surface area contributed by atoms with Crippen LogP contribution in [0, 0.1) is 6.92 Å². The van der Waals surface area contributed by atoms with Gasteiger partial charge >= 0.3 is 0 Å². The van der Waals surface area contributed by atoms with Gasteiger partial charge in [0.1, 0.15) is 5.82 Å². The second kappa shape index (κ2) is 6.37. The Hall–Kier alpha value is -1.79. The van der Waals surface area contributed by atoms with Gasteiger partial charge < -0.3 is 0 Å². The van der Waals surface area contributed by atoms with E-state index in [1.807, 2.05) is 31.3 Å². The van der Waals surface area contributed by atoms with Crippen molar-refractivity contribution in [3.8, 4) is 0 Å². The van der Waals surface area contributed by atoms with Crippen LogP contribution in [0.5, 0.6) is 0 Å². The summed E-state index contributed by atoms with van der Waals surface area (Å²) in [5.41, 5.74) is 2.19. The molecule has 5 nitrogen and oxygen atoms in total. The summed E-state index contributed by atoms with van der Waals surface area (Å²) in [7, 11) is -3.14. The van der Waals surface area contributed by atoms with Crippen LogP contribution >= 0.6 is 0 Å². The number of sulfone groups is 1. The minimum Gasteiger partial charge on any atom is -0.291 e. The van der Waals surface area contributed by atoms with E-state index in [4.69, 9.17) is 0 Å². The van der Waals surface area contributed by atoms with Crippen molar-refractivity contribution >= 4 is 9.84 Å². The first kappa shape index (κ1) is 16.1. The predicted molar refractivity (Wildman–Crippen MR) is 88.7 cm³/mol. The van der Waals surface area contributed by atoms with Crippen LogP contribution in [-0.2, 0) is 16.4 Å². The van der Waals surface area contributed by atoms with E-state index in [9.17, 15) is 8.42 Å². The van der Waals surface area contributed by atoms with E-state index < -0.39 is 9.84 Å². The van der Waals surface area contributed by atoms with Crippen LogP contribution in [-0.4, -0.2) is 36.1 Å². The Morgan fingerprint density at radius 1 is 1.22 bits per heavy atom. The molecule has 3 rings (SSSR count). The van der Waals surface area contributed by atoms with Crippen LogP contribution in [0.1, 0.15) is 36.0 Å². The van der Waals surface area contributed by atoms with E-state index in [2.05, 4.69) is 14.9 Å². The molecular formula is C17H21N3O2S. The van der Waals surface area contributed by atoms with E-state index in [0.717, 1.165) is 43.0 Å². The molecule has 1 aromatic heterocycles. The highest BCUT2D eigenvalue weighted by atomic mass is 32.2.